The van der Waals surface area contributed by atoms with E-state index in [9.17, 15) is 30.3 Å². The number of aliphatic hydroxyl groups excluding tert-OH is 4. The molecule has 5 aliphatic carbocycles. The zero-order valence-corrected chi connectivity index (χ0v) is 28.5. The molecule has 0 amide bonds. The Morgan fingerprint density at radius 3 is 2.18 bits per heavy atom. The highest BCUT2D eigenvalue weighted by molar-refractivity contribution is 5.76. The van der Waals surface area contributed by atoms with E-state index in [2.05, 4.69) is 54.5 Å². The number of carbonyl (C=O) groups is 1. The number of hydrogen-bond acceptors (Lipinski definition) is 6. The molecule has 1 heterocycles. The quantitative estimate of drug-likeness (QED) is 0.257. The van der Waals surface area contributed by atoms with Crippen LogP contribution in [0.25, 0.3) is 0 Å². The number of ether oxygens (including phenoxy) is 1. The van der Waals surface area contributed by atoms with Gasteiger partial charge in [-0.1, -0.05) is 60.1 Å². The monoisotopic (exact) mass is 616 g/mol. The second-order valence-corrected chi connectivity index (χ2v) is 18.4. The smallest absolute Gasteiger partial charge is 0.310 e. The van der Waals surface area contributed by atoms with Crippen LogP contribution in [-0.4, -0.2) is 68.1 Å². The second kappa shape index (κ2) is 10.3. The summed E-state index contributed by atoms with van der Waals surface area (Å²) in [6.45, 7) is 18.4. The van der Waals surface area contributed by atoms with E-state index < -0.39 is 48.0 Å². The summed E-state index contributed by atoms with van der Waals surface area (Å²) in [4.78, 5) is 12.9. The molecule has 0 aromatic heterocycles. The highest BCUT2D eigenvalue weighted by Gasteiger charge is 2.69. The maximum atomic E-state index is 12.9. The molecule has 250 valence electrons. The van der Waals surface area contributed by atoms with Gasteiger partial charge in [0.15, 0.2) is 0 Å². The second-order valence-electron chi connectivity index (χ2n) is 18.4. The Hall–Kier alpha value is -0.990. The average molecular weight is 617 g/mol. The van der Waals surface area contributed by atoms with E-state index in [1.165, 1.54) is 5.57 Å². The van der Waals surface area contributed by atoms with Crippen molar-refractivity contribution in [3.8, 4) is 0 Å². The van der Waals surface area contributed by atoms with Crippen LogP contribution in [0.5, 0.6) is 0 Å². The molecule has 1 saturated heterocycles. The first-order chi connectivity index (χ1) is 20.3. The summed E-state index contributed by atoms with van der Waals surface area (Å²) in [5.74, 6) is 0.225. The number of carboxylic acid groups (broad SMARTS) is 1. The van der Waals surface area contributed by atoms with Gasteiger partial charge < -0.3 is 30.3 Å². The maximum absolute atomic E-state index is 12.9. The first kappa shape index (κ1) is 32.9. The van der Waals surface area contributed by atoms with Gasteiger partial charge in [0.2, 0.25) is 0 Å². The summed E-state index contributed by atoms with van der Waals surface area (Å²) in [6.07, 6.45) is 5.37. The van der Waals surface area contributed by atoms with Crippen LogP contribution in [0.3, 0.4) is 0 Å². The lowest BCUT2D eigenvalue weighted by Gasteiger charge is -2.71. The number of carboxylic acids is 1. The van der Waals surface area contributed by atoms with E-state index in [4.69, 9.17) is 4.74 Å². The lowest BCUT2D eigenvalue weighted by Crippen LogP contribution is -2.66. The van der Waals surface area contributed by atoms with Crippen molar-refractivity contribution >= 4 is 5.97 Å². The number of rotatable bonds is 3. The van der Waals surface area contributed by atoms with Gasteiger partial charge in [-0.2, -0.15) is 0 Å². The molecule has 6 unspecified atom stereocenters. The summed E-state index contributed by atoms with van der Waals surface area (Å²) in [6, 6.07) is 0. The van der Waals surface area contributed by atoms with Gasteiger partial charge >= 0.3 is 5.97 Å². The van der Waals surface area contributed by atoms with Gasteiger partial charge in [-0.3, -0.25) is 4.79 Å². The van der Waals surface area contributed by atoms with Gasteiger partial charge in [-0.15, -0.1) is 0 Å². The van der Waals surface area contributed by atoms with Crippen LogP contribution in [-0.2, 0) is 9.53 Å². The third-order valence-corrected chi connectivity index (χ3v) is 15.8. The number of aliphatic hydroxyl groups is 4. The van der Waals surface area contributed by atoms with Gasteiger partial charge in [-0.25, -0.2) is 0 Å². The predicted octanol–water partition coefficient (Wildman–Crippen LogP) is 5.72. The van der Waals surface area contributed by atoms with Crippen LogP contribution < -0.4 is 0 Å². The van der Waals surface area contributed by atoms with Crippen LogP contribution in [0.15, 0.2) is 11.6 Å². The minimum atomic E-state index is -1.35. The Kier molecular flexibility index (Phi) is 7.67. The van der Waals surface area contributed by atoms with Gasteiger partial charge in [0.05, 0.1) is 17.6 Å². The molecule has 5 fully saturated rings. The van der Waals surface area contributed by atoms with Gasteiger partial charge in [0.25, 0.3) is 0 Å². The van der Waals surface area contributed by atoms with Crippen molar-refractivity contribution in [2.24, 2.45) is 56.2 Å². The van der Waals surface area contributed by atoms with Crippen molar-refractivity contribution in [3.05, 3.63) is 11.6 Å². The topological polar surface area (TPSA) is 127 Å². The molecule has 44 heavy (non-hydrogen) atoms. The Bertz CT molecular complexity index is 1190. The number of hydrogen-bond donors (Lipinski definition) is 5. The van der Waals surface area contributed by atoms with E-state index in [1.54, 1.807) is 6.92 Å². The SMILES string of the molecule is CC1O[C@@H](C(O)[C@@H]2CC[C@@]3(C)C(CC[C@]4(C)C3CC=C3C5CC(C)(C)CC[C@]5(C(=O)O)CC[C@]34C)C2(C)C)C(O)[C@@H](O)[C@@H]1O. The van der Waals surface area contributed by atoms with Crippen molar-refractivity contribution in [1.82, 2.24) is 0 Å². The number of fused-ring (bicyclic) bond motifs is 7. The summed E-state index contributed by atoms with van der Waals surface area (Å²) in [5, 5.41) is 54.0. The Labute approximate surface area is 264 Å². The zero-order valence-electron chi connectivity index (χ0n) is 28.5. The van der Waals surface area contributed by atoms with E-state index >= 15 is 0 Å². The maximum Gasteiger partial charge on any atom is 0.310 e. The largest absolute Gasteiger partial charge is 0.481 e. The normalized spacial score (nSPS) is 53.6. The molecule has 1 aliphatic heterocycles. The van der Waals surface area contributed by atoms with Crippen LogP contribution in [0.1, 0.15) is 120 Å². The van der Waals surface area contributed by atoms with E-state index in [1.807, 2.05) is 0 Å². The third kappa shape index (κ3) is 4.27. The Morgan fingerprint density at radius 2 is 1.52 bits per heavy atom. The number of aliphatic carboxylic acids is 1. The minimum absolute atomic E-state index is 0.0331. The highest BCUT2D eigenvalue weighted by atomic mass is 16.5. The van der Waals surface area contributed by atoms with Gasteiger partial charge in [0.1, 0.15) is 24.4 Å². The Balaban J connectivity index is 1.32. The minimum Gasteiger partial charge on any atom is -0.481 e. The molecule has 0 spiro atoms. The Morgan fingerprint density at radius 1 is 0.864 bits per heavy atom. The summed E-state index contributed by atoms with van der Waals surface area (Å²) in [7, 11) is 0. The van der Waals surface area contributed by atoms with Crippen LogP contribution in [0.2, 0.25) is 0 Å². The van der Waals surface area contributed by atoms with Crippen molar-refractivity contribution < 1.29 is 35.1 Å². The van der Waals surface area contributed by atoms with Crippen molar-refractivity contribution in [2.45, 2.75) is 156 Å². The summed E-state index contributed by atoms with van der Waals surface area (Å²) in [5.41, 5.74) is 0.817. The molecule has 7 nitrogen and oxygen atoms in total. The fourth-order valence-corrected chi connectivity index (χ4v) is 12.9. The van der Waals surface area contributed by atoms with Gasteiger partial charge in [-0.05, 0) is 122 Å². The standard InChI is InChI=1S/C37H60O7/c1-20-26(38)28(40)29(41)30(44-20)27(39)22-11-13-34(6)24(33(22,4)5)12-14-36(8)25(34)10-9-21-23-19-32(2,3)15-17-37(23,31(42)43)18-16-35(21,36)7/h9,20,22-30,38-41H,10-19H2,1-8H3,(H,42,43)/t20?,22-,23?,24?,25?,26+,27?,28-,29?,30-,34-,35+,36+,37-/m0/s1. The third-order valence-electron chi connectivity index (χ3n) is 15.8. The molecule has 14 atom stereocenters. The molecule has 0 aromatic rings. The zero-order chi connectivity index (χ0) is 32.4. The molecule has 6 aliphatic rings. The molecule has 7 heteroatoms. The molecular weight excluding hydrogens is 556 g/mol. The van der Waals surface area contributed by atoms with Crippen molar-refractivity contribution in [3.63, 3.8) is 0 Å². The molecule has 4 saturated carbocycles. The molecule has 0 radical (unpaired) electrons. The fraction of sp³-hybridized carbons (Fsp3) is 0.919. The van der Waals surface area contributed by atoms with Crippen LogP contribution in [0, 0.1) is 56.2 Å². The fourth-order valence-electron chi connectivity index (χ4n) is 12.9. The first-order valence-electron chi connectivity index (χ1n) is 17.6. The summed E-state index contributed by atoms with van der Waals surface area (Å²) < 4.78 is 5.95. The highest BCUT2D eigenvalue weighted by Crippen LogP contribution is 2.76. The number of allylic oxidation sites excluding steroid dienone is 2. The van der Waals surface area contributed by atoms with E-state index in [0.717, 1.165) is 64.2 Å². The molecule has 0 bridgehead atoms. The summed E-state index contributed by atoms with van der Waals surface area (Å²) >= 11 is 0. The molecule has 5 N–H and O–H groups in total. The molecule has 6 rings (SSSR count). The van der Waals surface area contributed by atoms with Crippen molar-refractivity contribution in [1.29, 1.82) is 0 Å². The lowest BCUT2D eigenvalue weighted by molar-refractivity contribution is -0.260. The van der Waals surface area contributed by atoms with E-state index in [0.29, 0.717) is 11.8 Å². The van der Waals surface area contributed by atoms with Crippen LogP contribution in [0.4, 0.5) is 0 Å². The lowest BCUT2D eigenvalue weighted by atomic mass is 9.33. The average Bonchev–Trinajstić information content (AvgIpc) is 2.93. The van der Waals surface area contributed by atoms with Crippen LogP contribution >= 0.6 is 0 Å². The predicted molar refractivity (Wildman–Crippen MR) is 169 cm³/mol. The van der Waals surface area contributed by atoms with Crippen molar-refractivity contribution in [2.75, 3.05) is 0 Å². The van der Waals surface area contributed by atoms with Gasteiger partial charge in [0, 0.05) is 0 Å². The van der Waals surface area contributed by atoms with E-state index in [-0.39, 0.29) is 38.9 Å². The molecular formula is C37H60O7. The molecule has 0 aromatic carbocycles. The first-order valence-corrected chi connectivity index (χ1v) is 17.6.